The first kappa shape index (κ1) is 16.5. The molecule has 0 spiro atoms. The third kappa shape index (κ3) is 2.69. The van der Waals surface area contributed by atoms with E-state index in [-0.39, 0.29) is 5.97 Å². The summed E-state index contributed by atoms with van der Waals surface area (Å²) in [6.45, 7) is 4.89. The van der Waals surface area contributed by atoms with Crippen molar-refractivity contribution in [1.29, 1.82) is 0 Å². The Morgan fingerprint density at radius 1 is 1.23 bits per heavy atom. The molecule has 1 aliphatic rings. The Kier molecular flexibility index (Phi) is 4.29. The van der Waals surface area contributed by atoms with Gasteiger partial charge in [0.1, 0.15) is 12.0 Å². The maximum atomic E-state index is 12.8. The molecular weight excluding hydrogens is 326 g/mol. The van der Waals surface area contributed by atoms with Gasteiger partial charge in [0, 0.05) is 24.0 Å². The van der Waals surface area contributed by atoms with Crippen LogP contribution in [0.5, 0.6) is 0 Å². The molecule has 0 fully saturated rings. The maximum Gasteiger partial charge on any atom is 0.355 e. The Labute approximate surface area is 152 Å². The molecule has 26 heavy (non-hydrogen) atoms. The molecular formula is C21H21N3O2. The van der Waals surface area contributed by atoms with Gasteiger partial charge >= 0.3 is 5.97 Å². The van der Waals surface area contributed by atoms with Gasteiger partial charge in [-0.2, -0.15) is 0 Å². The molecule has 0 amide bonds. The Morgan fingerprint density at radius 3 is 2.81 bits per heavy atom. The van der Waals surface area contributed by atoms with E-state index in [4.69, 9.17) is 4.74 Å². The minimum Gasteiger partial charge on any atom is -0.461 e. The molecule has 2 aromatic heterocycles. The van der Waals surface area contributed by atoms with Crippen molar-refractivity contribution in [3.8, 4) is 11.3 Å². The summed E-state index contributed by atoms with van der Waals surface area (Å²) in [4.78, 5) is 21.4. The third-order valence-electron chi connectivity index (χ3n) is 4.95. The summed E-state index contributed by atoms with van der Waals surface area (Å²) in [5, 5.41) is 0. The zero-order chi connectivity index (χ0) is 18.1. The predicted molar refractivity (Wildman–Crippen MR) is 99.1 cm³/mol. The van der Waals surface area contributed by atoms with Crippen LogP contribution < -0.4 is 0 Å². The zero-order valence-electron chi connectivity index (χ0n) is 15.0. The van der Waals surface area contributed by atoms with Gasteiger partial charge in [-0.15, -0.1) is 0 Å². The molecule has 3 aromatic rings. The molecule has 5 heteroatoms. The number of ether oxygens (including phenoxy) is 1. The zero-order valence-corrected chi connectivity index (χ0v) is 15.0. The predicted octanol–water partition coefficient (Wildman–Crippen LogP) is 3.58. The van der Waals surface area contributed by atoms with E-state index < -0.39 is 0 Å². The van der Waals surface area contributed by atoms with Crippen molar-refractivity contribution in [3.05, 3.63) is 70.9 Å². The standard InChI is InChI=1S/C21H21N3O2/c1-3-26-21(25)20-17-10-9-16-11-22-13-23-19(16)18(17)14(2)24(20)12-15-7-5-4-6-8-15/h4-8,11,13H,3,9-10,12H2,1-2H3. The number of hydrogen-bond acceptors (Lipinski definition) is 4. The molecule has 0 atom stereocenters. The van der Waals surface area contributed by atoms with Crippen LogP contribution in [0.25, 0.3) is 11.3 Å². The first-order chi connectivity index (χ1) is 12.7. The normalized spacial score (nSPS) is 12.4. The van der Waals surface area contributed by atoms with Crippen LogP contribution in [0.2, 0.25) is 0 Å². The lowest BCUT2D eigenvalue weighted by Crippen LogP contribution is -2.16. The van der Waals surface area contributed by atoms with Crippen LogP contribution in [0, 0.1) is 6.92 Å². The van der Waals surface area contributed by atoms with Crippen molar-refractivity contribution in [3.63, 3.8) is 0 Å². The third-order valence-corrected chi connectivity index (χ3v) is 4.95. The molecule has 0 bridgehead atoms. The fourth-order valence-electron chi connectivity index (χ4n) is 3.78. The highest BCUT2D eigenvalue weighted by Crippen LogP contribution is 2.38. The molecule has 0 unspecified atom stereocenters. The fraction of sp³-hybridized carbons (Fsp3) is 0.286. The van der Waals surface area contributed by atoms with Crippen LogP contribution in [0.3, 0.4) is 0 Å². The highest BCUT2D eigenvalue weighted by molar-refractivity contribution is 5.94. The SMILES string of the molecule is CCOC(=O)c1c2c(c(C)n1Cc1ccccc1)-c1ncncc1CC2. The number of hydrogen-bond donors (Lipinski definition) is 0. The van der Waals surface area contributed by atoms with Crippen molar-refractivity contribution in [2.45, 2.75) is 33.2 Å². The second-order valence-corrected chi connectivity index (χ2v) is 6.48. The molecule has 0 radical (unpaired) electrons. The summed E-state index contributed by atoms with van der Waals surface area (Å²) in [6.07, 6.45) is 5.09. The van der Waals surface area contributed by atoms with Crippen LogP contribution in [0.15, 0.2) is 42.9 Å². The number of carbonyl (C=O) groups is 1. The number of carbonyl (C=O) groups excluding carboxylic acids is 1. The van der Waals surface area contributed by atoms with Crippen LogP contribution in [0.4, 0.5) is 0 Å². The number of rotatable bonds is 4. The first-order valence-electron chi connectivity index (χ1n) is 8.93. The summed E-state index contributed by atoms with van der Waals surface area (Å²) in [6, 6.07) is 10.2. The van der Waals surface area contributed by atoms with Crippen LogP contribution in [-0.4, -0.2) is 27.1 Å². The number of esters is 1. The Bertz CT molecular complexity index is 961. The monoisotopic (exact) mass is 347 g/mol. The topological polar surface area (TPSA) is 57.0 Å². The molecule has 2 heterocycles. The van der Waals surface area contributed by atoms with Gasteiger partial charge in [0.15, 0.2) is 0 Å². The van der Waals surface area contributed by atoms with Crippen molar-refractivity contribution in [1.82, 2.24) is 14.5 Å². The van der Waals surface area contributed by atoms with E-state index >= 15 is 0 Å². The largest absolute Gasteiger partial charge is 0.461 e. The van der Waals surface area contributed by atoms with Crippen LogP contribution >= 0.6 is 0 Å². The molecule has 0 aliphatic heterocycles. The lowest BCUT2D eigenvalue weighted by molar-refractivity contribution is 0.0512. The van der Waals surface area contributed by atoms with Gasteiger partial charge < -0.3 is 9.30 Å². The van der Waals surface area contributed by atoms with E-state index in [1.165, 1.54) is 0 Å². The second-order valence-electron chi connectivity index (χ2n) is 6.48. The van der Waals surface area contributed by atoms with Crippen LogP contribution in [-0.2, 0) is 24.1 Å². The fourth-order valence-corrected chi connectivity index (χ4v) is 3.78. The number of benzene rings is 1. The van der Waals surface area contributed by atoms with Crippen molar-refractivity contribution >= 4 is 5.97 Å². The summed E-state index contributed by atoms with van der Waals surface area (Å²) in [5.41, 5.74) is 7.04. The first-order valence-corrected chi connectivity index (χ1v) is 8.93. The molecule has 0 saturated carbocycles. The van der Waals surface area contributed by atoms with Gasteiger partial charge in [0.05, 0.1) is 12.3 Å². The van der Waals surface area contributed by atoms with E-state index in [1.807, 2.05) is 31.3 Å². The van der Waals surface area contributed by atoms with Crippen molar-refractivity contribution in [2.24, 2.45) is 0 Å². The second kappa shape index (κ2) is 6.75. The number of aryl methyl sites for hydroxylation is 1. The molecule has 0 saturated heterocycles. The van der Waals surface area contributed by atoms with Crippen molar-refractivity contribution < 1.29 is 9.53 Å². The minimum absolute atomic E-state index is 0.259. The highest BCUT2D eigenvalue weighted by Gasteiger charge is 2.31. The van der Waals surface area contributed by atoms with Gasteiger partial charge in [-0.1, -0.05) is 30.3 Å². The number of nitrogens with zero attached hydrogens (tertiary/aromatic N) is 3. The Hall–Kier alpha value is -2.95. The summed E-state index contributed by atoms with van der Waals surface area (Å²) in [7, 11) is 0. The molecule has 132 valence electrons. The van der Waals surface area contributed by atoms with Gasteiger partial charge in [0.25, 0.3) is 0 Å². The van der Waals surface area contributed by atoms with Gasteiger partial charge in [-0.3, -0.25) is 0 Å². The molecule has 1 aromatic carbocycles. The van der Waals surface area contributed by atoms with Crippen molar-refractivity contribution in [2.75, 3.05) is 6.61 Å². The van der Waals surface area contributed by atoms with E-state index in [9.17, 15) is 4.79 Å². The smallest absolute Gasteiger partial charge is 0.355 e. The molecule has 4 rings (SSSR count). The van der Waals surface area contributed by atoms with E-state index in [0.29, 0.717) is 18.8 Å². The molecule has 5 nitrogen and oxygen atoms in total. The van der Waals surface area contributed by atoms with Gasteiger partial charge in [-0.05, 0) is 43.4 Å². The number of aromatic nitrogens is 3. The lowest BCUT2D eigenvalue weighted by atomic mass is 9.90. The van der Waals surface area contributed by atoms with Gasteiger partial charge in [0.2, 0.25) is 0 Å². The summed E-state index contributed by atoms with van der Waals surface area (Å²) < 4.78 is 7.46. The minimum atomic E-state index is -0.259. The Balaban J connectivity index is 1.91. The average Bonchev–Trinajstić information content (AvgIpc) is 2.95. The van der Waals surface area contributed by atoms with Crippen LogP contribution in [0.1, 0.15) is 39.8 Å². The lowest BCUT2D eigenvalue weighted by Gasteiger charge is -2.16. The number of fused-ring (bicyclic) bond motifs is 3. The molecule has 0 N–H and O–H groups in total. The Morgan fingerprint density at radius 2 is 2.04 bits per heavy atom. The van der Waals surface area contributed by atoms with E-state index in [1.54, 1.807) is 6.33 Å². The maximum absolute atomic E-state index is 12.8. The van der Waals surface area contributed by atoms with E-state index in [2.05, 4.69) is 33.6 Å². The molecule has 1 aliphatic carbocycles. The van der Waals surface area contributed by atoms with Gasteiger partial charge in [-0.25, -0.2) is 14.8 Å². The van der Waals surface area contributed by atoms with E-state index in [0.717, 1.165) is 46.5 Å². The summed E-state index contributed by atoms with van der Waals surface area (Å²) >= 11 is 0. The quantitative estimate of drug-likeness (QED) is 0.677. The average molecular weight is 347 g/mol. The summed E-state index contributed by atoms with van der Waals surface area (Å²) in [5.74, 6) is -0.259. The highest BCUT2D eigenvalue weighted by atomic mass is 16.5.